The minimum absolute atomic E-state index is 0.0142. The Balaban J connectivity index is 1.98. The fraction of sp³-hybridized carbons (Fsp3) is 0.200. The topological polar surface area (TPSA) is 37.0 Å². The van der Waals surface area contributed by atoms with Crippen molar-refractivity contribution in [3.63, 3.8) is 0 Å². The molecule has 2 rings (SSSR count). The molecule has 0 fully saturated rings. The number of thiocarbonyl (C=S) groups is 1. The monoisotopic (exact) mass is 289 g/mol. The van der Waals surface area contributed by atoms with Crippen LogP contribution in [-0.2, 0) is 0 Å². The molecule has 0 spiro atoms. The van der Waals surface area contributed by atoms with E-state index in [2.05, 4.69) is 15.6 Å². The van der Waals surface area contributed by atoms with Crippen molar-refractivity contribution in [2.75, 3.05) is 5.32 Å². The molecule has 2 aromatic rings. The Kier molecular flexibility index (Phi) is 4.63. The largest absolute Gasteiger partial charge is 0.356 e. The SMILES string of the molecule is Cc1cccnc1NC(=S)N[C@H](C)c1ccc(F)cc1. The first-order valence-corrected chi connectivity index (χ1v) is 6.71. The molecule has 0 bridgehead atoms. The predicted molar refractivity (Wildman–Crippen MR) is 83.1 cm³/mol. The summed E-state index contributed by atoms with van der Waals surface area (Å²) in [6.45, 7) is 3.92. The van der Waals surface area contributed by atoms with Crippen molar-refractivity contribution in [2.45, 2.75) is 19.9 Å². The average Bonchev–Trinajstić information content (AvgIpc) is 2.42. The summed E-state index contributed by atoms with van der Waals surface area (Å²) < 4.78 is 12.9. The number of pyridine rings is 1. The summed E-state index contributed by atoms with van der Waals surface area (Å²) in [6, 6.07) is 10.2. The molecular weight excluding hydrogens is 273 g/mol. The van der Waals surface area contributed by atoms with Crippen molar-refractivity contribution in [1.29, 1.82) is 0 Å². The van der Waals surface area contributed by atoms with Crippen LogP contribution in [0.15, 0.2) is 42.6 Å². The molecule has 0 unspecified atom stereocenters. The molecule has 0 amide bonds. The molecule has 0 aliphatic carbocycles. The quantitative estimate of drug-likeness (QED) is 0.847. The lowest BCUT2D eigenvalue weighted by Crippen LogP contribution is -2.31. The number of hydrogen-bond acceptors (Lipinski definition) is 2. The van der Waals surface area contributed by atoms with E-state index in [0.29, 0.717) is 5.11 Å². The molecule has 1 aromatic heterocycles. The number of nitrogens with one attached hydrogen (secondary N) is 2. The molecule has 0 saturated heterocycles. The maximum atomic E-state index is 12.9. The third-order valence-electron chi connectivity index (χ3n) is 2.96. The Hall–Kier alpha value is -2.01. The van der Waals surface area contributed by atoms with Crippen molar-refractivity contribution in [3.05, 3.63) is 59.5 Å². The van der Waals surface area contributed by atoms with Gasteiger partial charge in [0, 0.05) is 6.20 Å². The summed E-state index contributed by atoms with van der Waals surface area (Å²) >= 11 is 5.26. The van der Waals surface area contributed by atoms with E-state index in [9.17, 15) is 4.39 Å². The van der Waals surface area contributed by atoms with Gasteiger partial charge in [-0.15, -0.1) is 0 Å². The normalized spacial score (nSPS) is 11.8. The Bertz CT molecular complexity index is 598. The van der Waals surface area contributed by atoms with Crippen LogP contribution in [0.3, 0.4) is 0 Å². The van der Waals surface area contributed by atoms with Crippen LogP contribution in [0.4, 0.5) is 10.2 Å². The van der Waals surface area contributed by atoms with Gasteiger partial charge < -0.3 is 10.6 Å². The highest BCUT2D eigenvalue weighted by Gasteiger charge is 2.08. The second-order valence-corrected chi connectivity index (χ2v) is 4.95. The first-order chi connectivity index (χ1) is 9.56. The van der Waals surface area contributed by atoms with Crippen LogP contribution < -0.4 is 10.6 Å². The number of halogens is 1. The minimum atomic E-state index is -0.245. The minimum Gasteiger partial charge on any atom is -0.356 e. The van der Waals surface area contributed by atoms with Crippen LogP contribution in [-0.4, -0.2) is 10.1 Å². The summed E-state index contributed by atoms with van der Waals surface area (Å²) in [4.78, 5) is 4.22. The lowest BCUT2D eigenvalue weighted by Gasteiger charge is -2.17. The first kappa shape index (κ1) is 14.4. The van der Waals surface area contributed by atoms with Crippen LogP contribution in [0.2, 0.25) is 0 Å². The van der Waals surface area contributed by atoms with E-state index >= 15 is 0 Å². The molecule has 104 valence electrons. The van der Waals surface area contributed by atoms with Gasteiger partial charge in [0.1, 0.15) is 11.6 Å². The lowest BCUT2D eigenvalue weighted by molar-refractivity contribution is 0.624. The number of aromatic nitrogens is 1. The summed E-state index contributed by atoms with van der Waals surface area (Å²) in [6.07, 6.45) is 1.71. The van der Waals surface area contributed by atoms with Crippen molar-refractivity contribution in [3.8, 4) is 0 Å². The number of rotatable bonds is 3. The molecule has 0 aliphatic rings. The third-order valence-corrected chi connectivity index (χ3v) is 3.18. The first-order valence-electron chi connectivity index (χ1n) is 6.31. The molecule has 0 aliphatic heterocycles. The van der Waals surface area contributed by atoms with E-state index < -0.39 is 0 Å². The average molecular weight is 289 g/mol. The molecule has 1 heterocycles. The molecule has 0 saturated carbocycles. The summed E-state index contributed by atoms with van der Waals surface area (Å²) in [5.74, 6) is 0.488. The lowest BCUT2D eigenvalue weighted by atomic mass is 10.1. The van der Waals surface area contributed by atoms with E-state index in [0.717, 1.165) is 16.9 Å². The highest BCUT2D eigenvalue weighted by molar-refractivity contribution is 7.80. The zero-order valence-corrected chi connectivity index (χ0v) is 12.2. The zero-order valence-electron chi connectivity index (χ0n) is 11.4. The Labute approximate surface area is 123 Å². The van der Waals surface area contributed by atoms with Gasteiger partial charge >= 0.3 is 0 Å². The van der Waals surface area contributed by atoms with Crippen LogP contribution in [0.1, 0.15) is 24.1 Å². The van der Waals surface area contributed by atoms with Gasteiger partial charge in [0.25, 0.3) is 0 Å². The molecule has 2 N–H and O–H groups in total. The summed E-state index contributed by atoms with van der Waals surface area (Å²) in [5, 5.41) is 6.70. The summed E-state index contributed by atoms with van der Waals surface area (Å²) in [5.41, 5.74) is 1.99. The molecule has 0 radical (unpaired) electrons. The fourth-order valence-corrected chi connectivity index (χ4v) is 2.07. The van der Waals surface area contributed by atoms with Crippen LogP contribution in [0, 0.1) is 12.7 Å². The van der Waals surface area contributed by atoms with Crippen molar-refractivity contribution in [1.82, 2.24) is 10.3 Å². The van der Waals surface area contributed by atoms with Gasteiger partial charge in [0.2, 0.25) is 0 Å². The fourth-order valence-electron chi connectivity index (χ4n) is 1.79. The van der Waals surface area contributed by atoms with Gasteiger partial charge in [-0.2, -0.15) is 0 Å². The molecular formula is C15H16FN3S. The van der Waals surface area contributed by atoms with E-state index in [1.807, 2.05) is 26.0 Å². The number of nitrogens with zero attached hydrogens (tertiary/aromatic N) is 1. The third kappa shape index (κ3) is 3.74. The Morgan fingerprint density at radius 2 is 1.95 bits per heavy atom. The number of aryl methyl sites for hydroxylation is 1. The van der Waals surface area contributed by atoms with E-state index in [-0.39, 0.29) is 11.9 Å². The van der Waals surface area contributed by atoms with Gasteiger partial charge in [-0.1, -0.05) is 18.2 Å². The van der Waals surface area contributed by atoms with E-state index in [4.69, 9.17) is 12.2 Å². The van der Waals surface area contributed by atoms with Crippen molar-refractivity contribution >= 4 is 23.1 Å². The number of anilines is 1. The molecule has 20 heavy (non-hydrogen) atoms. The highest BCUT2D eigenvalue weighted by Crippen LogP contribution is 2.14. The number of hydrogen-bond donors (Lipinski definition) is 2. The maximum absolute atomic E-state index is 12.9. The maximum Gasteiger partial charge on any atom is 0.172 e. The Morgan fingerprint density at radius 1 is 1.25 bits per heavy atom. The van der Waals surface area contributed by atoms with Crippen LogP contribution >= 0.6 is 12.2 Å². The second-order valence-electron chi connectivity index (χ2n) is 4.54. The van der Waals surface area contributed by atoms with Gasteiger partial charge in [-0.05, 0) is 55.4 Å². The smallest absolute Gasteiger partial charge is 0.172 e. The predicted octanol–water partition coefficient (Wildman–Crippen LogP) is 3.58. The number of benzene rings is 1. The molecule has 1 aromatic carbocycles. The standard InChI is InChI=1S/C15H16FN3S/c1-10-4-3-9-17-14(10)19-15(20)18-11(2)12-5-7-13(16)8-6-12/h3-9,11H,1-2H3,(H2,17,18,19,20)/t11-/m1/s1. The molecule has 1 atom stereocenters. The van der Waals surface area contributed by atoms with Crippen LogP contribution in [0.5, 0.6) is 0 Å². The Morgan fingerprint density at radius 3 is 2.60 bits per heavy atom. The van der Waals surface area contributed by atoms with Gasteiger partial charge in [-0.25, -0.2) is 9.37 Å². The van der Waals surface area contributed by atoms with E-state index in [1.165, 1.54) is 12.1 Å². The van der Waals surface area contributed by atoms with Gasteiger partial charge in [0.15, 0.2) is 5.11 Å². The second kappa shape index (κ2) is 6.43. The zero-order chi connectivity index (χ0) is 14.5. The highest BCUT2D eigenvalue weighted by atomic mass is 32.1. The van der Waals surface area contributed by atoms with Crippen molar-refractivity contribution < 1.29 is 4.39 Å². The van der Waals surface area contributed by atoms with Crippen molar-refractivity contribution in [2.24, 2.45) is 0 Å². The molecule has 3 nitrogen and oxygen atoms in total. The van der Waals surface area contributed by atoms with E-state index in [1.54, 1.807) is 18.3 Å². The molecule has 5 heteroatoms. The van der Waals surface area contributed by atoms with Crippen LogP contribution in [0.25, 0.3) is 0 Å². The summed E-state index contributed by atoms with van der Waals surface area (Å²) in [7, 11) is 0. The van der Waals surface area contributed by atoms with Gasteiger partial charge in [0.05, 0.1) is 6.04 Å². The van der Waals surface area contributed by atoms with Gasteiger partial charge in [-0.3, -0.25) is 0 Å².